The van der Waals surface area contributed by atoms with E-state index in [4.69, 9.17) is 19.7 Å². The minimum absolute atomic E-state index is 0.199. The smallest absolute Gasteiger partial charge is 0.490 e. The fourth-order valence-electron chi connectivity index (χ4n) is 3.41. The third kappa shape index (κ3) is 9.11. The second-order valence-corrected chi connectivity index (χ2v) is 7.58. The van der Waals surface area contributed by atoms with Crippen molar-refractivity contribution in [2.45, 2.75) is 31.0 Å². The molecule has 33 heavy (non-hydrogen) atoms. The lowest BCUT2D eigenvalue weighted by Crippen LogP contribution is -2.40. The van der Waals surface area contributed by atoms with Gasteiger partial charge in [-0.3, -0.25) is 0 Å². The lowest BCUT2D eigenvalue weighted by Gasteiger charge is -2.33. The van der Waals surface area contributed by atoms with Gasteiger partial charge in [-0.1, -0.05) is 30.3 Å². The van der Waals surface area contributed by atoms with Crippen LogP contribution in [0, 0.1) is 0 Å². The molecule has 1 atom stereocenters. The van der Waals surface area contributed by atoms with Crippen LogP contribution < -0.4 is 4.74 Å². The van der Waals surface area contributed by atoms with E-state index in [0.29, 0.717) is 18.2 Å². The van der Waals surface area contributed by atoms with Gasteiger partial charge in [0.1, 0.15) is 18.5 Å². The van der Waals surface area contributed by atoms with Crippen molar-refractivity contribution in [2.24, 2.45) is 0 Å². The summed E-state index contributed by atoms with van der Waals surface area (Å²) in [7, 11) is 0. The lowest BCUT2D eigenvalue weighted by atomic mass is 9.89. The summed E-state index contributed by atoms with van der Waals surface area (Å²) in [5.41, 5.74) is 1.63. The van der Waals surface area contributed by atoms with Gasteiger partial charge in [0.25, 0.3) is 0 Å². The number of carbonyl (C=O) groups is 2. The Morgan fingerprint density at radius 2 is 1.55 bits per heavy atom. The molecule has 0 amide bonds. The maximum Gasteiger partial charge on any atom is 0.490 e. The molecule has 1 aliphatic rings. The SMILES string of the molecule is O=C(O)C(F)(F)F.O=C(O)c1ccc(OCC(O)CN2CCC(c3ccccc3)CC2)cc1. The van der Waals surface area contributed by atoms with Gasteiger partial charge in [-0.25, -0.2) is 9.59 Å². The van der Waals surface area contributed by atoms with E-state index in [-0.39, 0.29) is 12.2 Å². The molecule has 10 heteroatoms. The number of halogens is 3. The van der Waals surface area contributed by atoms with Gasteiger partial charge in [0.15, 0.2) is 0 Å². The van der Waals surface area contributed by atoms with Crippen molar-refractivity contribution >= 4 is 11.9 Å². The van der Waals surface area contributed by atoms with E-state index in [2.05, 4.69) is 29.2 Å². The van der Waals surface area contributed by atoms with Gasteiger partial charge in [0.05, 0.1) is 5.56 Å². The van der Waals surface area contributed by atoms with Crippen molar-refractivity contribution in [3.63, 3.8) is 0 Å². The summed E-state index contributed by atoms with van der Waals surface area (Å²) in [6.07, 6.45) is -3.44. The third-order valence-corrected chi connectivity index (χ3v) is 5.11. The molecule has 1 aliphatic heterocycles. The monoisotopic (exact) mass is 469 g/mol. The molecule has 0 spiro atoms. The molecule has 0 aromatic heterocycles. The lowest BCUT2D eigenvalue weighted by molar-refractivity contribution is -0.192. The number of rotatable bonds is 7. The number of benzene rings is 2. The molecule has 1 saturated heterocycles. The summed E-state index contributed by atoms with van der Waals surface area (Å²) in [5, 5.41) is 26.2. The first-order valence-corrected chi connectivity index (χ1v) is 10.3. The van der Waals surface area contributed by atoms with Gasteiger partial charge in [-0.15, -0.1) is 0 Å². The van der Waals surface area contributed by atoms with Gasteiger partial charge in [0.2, 0.25) is 0 Å². The van der Waals surface area contributed by atoms with E-state index in [1.165, 1.54) is 17.7 Å². The average molecular weight is 469 g/mol. The number of nitrogens with zero attached hydrogens (tertiary/aromatic N) is 1. The number of ether oxygens (including phenoxy) is 1. The van der Waals surface area contributed by atoms with Gasteiger partial charge in [-0.2, -0.15) is 13.2 Å². The van der Waals surface area contributed by atoms with Crippen LogP contribution in [-0.2, 0) is 4.79 Å². The molecule has 0 bridgehead atoms. The molecule has 180 valence electrons. The van der Waals surface area contributed by atoms with E-state index in [9.17, 15) is 23.1 Å². The number of aliphatic hydroxyl groups is 1. The normalized spacial score (nSPS) is 15.8. The predicted molar refractivity (Wildman–Crippen MR) is 113 cm³/mol. The number of aliphatic hydroxyl groups excluding tert-OH is 1. The van der Waals surface area contributed by atoms with E-state index >= 15 is 0 Å². The van der Waals surface area contributed by atoms with Crippen LogP contribution in [-0.4, -0.2) is 70.7 Å². The van der Waals surface area contributed by atoms with Crippen molar-refractivity contribution < 1.29 is 42.8 Å². The van der Waals surface area contributed by atoms with Gasteiger partial charge in [-0.05, 0) is 61.7 Å². The minimum atomic E-state index is -5.08. The van der Waals surface area contributed by atoms with Crippen molar-refractivity contribution in [1.82, 2.24) is 4.90 Å². The number of aliphatic carboxylic acids is 1. The van der Waals surface area contributed by atoms with Crippen LogP contribution in [0.3, 0.4) is 0 Å². The van der Waals surface area contributed by atoms with Crippen LogP contribution in [0.25, 0.3) is 0 Å². The summed E-state index contributed by atoms with van der Waals surface area (Å²) in [5.74, 6) is -2.55. The first-order chi connectivity index (χ1) is 15.6. The van der Waals surface area contributed by atoms with E-state index < -0.39 is 24.2 Å². The number of alkyl halides is 3. The highest BCUT2D eigenvalue weighted by molar-refractivity contribution is 5.87. The van der Waals surface area contributed by atoms with Crippen LogP contribution in [0.4, 0.5) is 13.2 Å². The Morgan fingerprint density at radius 1 is 1.00 bits per heavy atom. The first-order valence-electron chi connectivity index (χ1n) is 10.3. The Bertz CT molecular complexity index is 881. The number of hydrogen-bond donors (Lipinski definition) is 3. The fourth-order valence-corrected chi connectivity index (χ4v) is 3.41. The molecule has 1 heterocycles. The Kier molecular flexibility index (Phi) is 9.68. The van der Waals surface area contributed by atoms with Gasteiger partial charge >= 0.3 is 18.1 Å². The number of carboxylic acids is 2. The molecular weight excluding hydrogens is 443 g/mol. The highest BCUT2D eigenvalue weighted by Gasteiger charge is 2.38. The minimum Gasteiger partial charge on any atom is -0.491 e. The van der Waals surface area contributed by atoms with Crippen LogP contribution in [0.5, 0.6) is 5.75 Å². The Labute approximate surface area is 189 Å². The molecule has 2 aromatic carbocycles. The maximum absolute atomic E-state index is 10.8. The van der Waals surface area contributed by atoms with Crippen LogP contribution in [0.2, 0.25) is 0 Å². The molecule has 1 unspecified atom stereocenters. The average Bonchev–Trinajstić information content (AvgIpc) is 2.79. The first kappa shape index (κ1) is 26.1. The Balaban J connectivity index is 0.000000479. The highest BCUT2D eigenvalue weighted by Crippen LogP contribution is 2.27. The largest absolute Gasteiger partial charge is 0.491 e. The predicted octanol–water partition coefficient (Wildman–Crippen LogP) is 3.64. The number of aromatic carboxylic acids is 1. The van der Waals surface area contributed by atoms with Gasteiger partial charge < -0.3 is 25.0 Å². The summed E-state index contributed by atoms with van der Waals surface area (Å²) in [6.45, 7) is 2.74. The number of carboxylic acid groups (broad SMARTS) is 2. The van der Waals surface area contributed by atoms with Crippen molar-refractivity contribution in [3.05, 3.63) is 65.7 Å². The molecule has 0 saturated carbocycles. The summed E-state index contributed by atoms with van der Waals surface area (Å²) in [6, 6.07) is 16.8. The Hall–Kier alpha value is -3.11. The zero-order valence-electron chi connectivity index (χ0n) is 17.7. The van der Waals surface area contributed by atoms with Crippen LogP contribution in [0.15, 0.2) is 54.6 Å². The maximum atomic E-state index is 10.8. The molecule has 3 N–H and O–H groups in total. The summed E-state index contributed by atoms with van der Waals surface area (Å²) >= 11 is 0. The highest BCUT2D eigenvalue weighted by atomic mass is 19.4. The number of hydrogen-bond acceptors (Lipinski definition) is 5. The van der Waals surface area contributed by atoms with E-state index in [1.54, 1.807) is 12.1 Å². The second-order valence-electron chi connectivity index (χ2n) is 7.58. The second kappa shape index (κ2) is 12.2. The van der Waals surface area contributed by atoms with Crippen LogP contribution in [0.1, 0.15) is 34.7 Å². The molecule has 7 nitrogen and oxygen atoms in total. The molecular formula is C23H26F3NO6. The van der Waals surface area contributed by atoms with Crippen molar-refractivity contribution in [3.8, 4) is 5.75 Å². The zero-order chi connectivity index (χ0) is 24.4. The van der Waals surface area contributed by atoms with Crippen molar-refractivity contribution in [2.75, 3.05) is 26.2 Å². The molecule has 3 rings (SSSR count). The molecule has 1 fully saturated rings. The molecule has 0 radical (unpaired) electrons. The van der Waals surface area contributed by atoms with E-state index in [0.717, 1.165) is 25.9 Å². The van der Waals surface area contributed by atoms with Crippen molar-refractivity contribution in [1.29, 1.82) is 0 Å². The Morgan fingerprint density at radius 3 is 2.03 bits per heavy atom. The standard InChI is InChI=1S/C21H25NO4.C2HF3O2/c23-19(15-26-20-8-6-18(7-9-20)21(24)25)14-22-12-10-17(11-13-22)16-4-2-1-3-5-16;3-2(4,5)1(6)7/h1-9,17,19,23H,10-15H2,(H,24,25);(H,6,7). The summed E-state index contributed by atoms with van der Waals surface area (Å²) < 4.78 is 37.3. The van der Waals surface area contributed by atoms with Crippen LogP contribution >= 0.6 is 0 Å². The number of piperidine rings is 1. The third-order valence-electron chi connectivity index (χ3n) is 5.11. The summed E-state index contributed by atoms with van der Waals surface area (Å²) in [4.78, 5) is 22.0. The number of likely N-dealkylation sites (tertiary alicyclic amines) is 1. The number of β-amino-alcohol motifs (C(OH)–C–C–N with tert-alkyl or cyclic N) is 1. The molecule has 0 aliphatic carbocycles. The molecule has 2 aromatic rings. The topological polar surface area (TPSA) is 107 Å². The fraction of sp³-hybridized carbons (Fsp3) is 0.391. The quantitative estimate of drug-likeness (QED) is 0.568. The zero-order valence-corrected chi connectivity index (χ0v) is 17.7. The van der Waals surface area contributed by atoms with E-state index in [1.807, 2.05) is 6.07 Å². The van der Waals surface area contributed by atoms with Gasteiger partial charge in [0, 0.05) is 6.54 Å².